The smallest absolute Gasteiger partial charge is 0.0107 e. The van der Waals surface area contributed by atoms with E-state index in [9.17, 15) is 0 Å². The first-order valence-corrected chi connectivity index (χ1v) is 10.5. The monoisotopic (exact) mass is 340 g/mol. The molecule has 2 aliphatic rings. The highest BCUT2D eigenvalue weighted by atomic mass is 15.1. The molecule has 0 aliphatic carbocycles. The van der Waals surface area contributed by atoms with Crippen LogP contribution in [-0.4, -0.2) is 74.2 Å². The minimum atomic E-state index is 0.634. The van der Waals surface area contributed by atoms with E-state index in [0.29, 0.717) is 12.1 Å². The maximum absolute atomic E-state index is 3.45. The van der Waals surface area contributed by atoms with Gasteiger partial charge in [-0.1, -0.05) is 40.5 Å². The highest BCUT2D eigenvalue weighted by molar-refractivity contribution is 4.67. The molecule has 0 aromatic carbocycles. The number of piperidine rings is 2. The van der Waals surface area contributed by atoms with Crippen LogP contribution < -0.4 is 10.6 Å². The van der Waals surface area contributed by atoms with Crippen molar-refractivity contribution in [2.45, 2.75) is 78.3 Å². The lowest BCUT2D eigenvalue weighted by atomic mass is 10.1. The van der Waals surface area contributed by atoms with Crippen molar-refractivity contribution in [3.63, 3.8) is 0 Å². The summed E-state index contributed by atoms with van der Waals surface area (Å²) >= 11 is 0. The number of hydrogen-bond acceptors (Lipinski definition) is 4. The van der Waals surface area contributed by atoms with Crippen molar-refractivity contribution in [3.05, 3.63) is 0 Å². The van der Waals surface area contributed by atoms with E-state index >= 15 is 0 Å². The zero-order valence-electron chi connectivity index (χ0n) is 16.9. The van der Waals surface area contributed by atoms with E-state index in [1.54, 1.807) is 0 Å². The van der Waals surface area contributed by atoms with Crippen molar-refractivity contribution in [1.29, 1.82) is 0 Å². The van der Waals surface area contributed by atoms with Gasteiger partial charge in [-0.2, -0.15) is 0 Å². The summed E-state index contributed by atoms with van der Waals surface area (Å²) in [5.74, 6) is 0. The Balaban J connectivity index is 0.000000240. The molecule has 0 radical (unpaired) electrons. The molecule has 2 rings (SSSR count). The van der Waals surface area contributed by atoms with Gasteiger partial charge in [0.2, 0.25) is 0 Å². The van der Waals surface area contributed by atoms with Crippen molar-refractivity contribution < 1.29 is 0 Å². The lowest BCUT2D eigenvalue weighted by molar-refractivity contribution is 0.227. The summed E-state index contributed by atoms with van der Waals surface area (Å²) < 4.78 is 0. The second-order valence-electron chi connectivity index (χ2n) is 8.02. The van der Waals surface area contributed by atoms with Gasteiger partial charge in [0.1, 0.15) is 0 Å². The predicted octanol–water partition coefficient (Wildman–Crippen LogP) is 2.94. The third kappa shape index (κ3) is 12.2. The average Bonchev–Trinajstić information content (AvgIpc) is 2.57. The fraction of sp³-hybridized carbons (Fsp3) is 1.00. The van der Waals surface area contributed by atoms with Crippen molar-refractivity contribution in [2.24, 2.45) is 0 Å². The van der Waals surface area contributed by atoms with Gasteiger partial charge in [0.25, 0.3) is 0 Å². The van der Waals surface area contributed by atoms with Crippen LogP contribution in [0.15, 0.2) is 0 Å². The minimum Gasteiger partial charge on any atom is -0.313 e. The van der Waals surface area contributed by atoms with E-state index < -0.39 is 0 Å². The molecule has 2 aliphatic heterocycles. The van der Waals surface area contributed by atoms with Crippen molar-refractivity contribution >= 4 is 0 Å². The highest BCUT2D eigenvalue weighted by Gasteiger charge is 2.09. The number of nitrogens with one attached hydrogen (secondary N) is 2. The van der Waals surface area contributed by atoms with E-state index in [-0.39, 0.29) is 0 Å². The molecule has 0 aromatic rings. The van der Waals surface area contributed by atoms with Crippen LogP contribution in [0.4, 0.5) is 0 Å². The van der Waals surface area contributed by atoms with E-state index in [1.807, 2.05) is 0 Å². The van der Waals surface area contributed by atoms with E-state index in [1.165, 1.54) is 77.8 Å². The van der Waals surface area contributed by atoms with Gasteiger partial charge < -0.3 is 20.4 Å². The summed E-state index contributed by atoms with van der Waals surface area (Å²) in [7, 11) is 0. The molecule has 0 aromatic heterocycles. The van der Waals surface area contributed by atoms with E-state index in [2.05, 4.69) is 48.1 Å². The summed E-state index contributed by atoms with van der Waals surface area (Å²) in [6.45, 7) is 18.9. The number of hydrogen-bond donors (Lipinski definition) is 2. The Labute approximate surface area is 151 Å². The Morgan fingerprint density at radius 1 is 0.583 bits per heavy atom. The molecule has 0 atom stereocenters. The summed E-state index contributed by atoms with van der Waals surface area (Å²) in [5, 5.41) is 6.90. The Kier molecular flexibility index (Phi) is 12.8. The van der Waals surface area contributed by atoms with Gasteiger partial charge in [-0.05, 0) is 51.9 Å². The lowest BCUT2D eigenvalue weighted by Gasteiger charge is -2.26. The molecule has 0 spiro atoms. The highest BCUT2D eigenvalue weighted by Crippen LogP contribution is 2.07. The third-order valence-corrected chi connectivity index (χ3v) is 4.86. The molecule has 0 bridgehead atoms. The van der Waals surface area contributed by atoms with Crippen LogP contribution in [0.5, 0.6) is 0 Å². The number of likely N-dealkylation sites (tertiary alicyclic amines) is 2. The standard InChI is InChI=1S/2C10H22N2/c2*1-10(2)11-6-9-12-7-4-3-5-8-12/h2*10-11H,3-9H2,1-2H3. The second-order valence-corrected chi connectivity index (χ2v) is 8.02. The number of nitrogens with zero attached hydrogens (tertiary/aromatic N) is 2. The maximum Gasteiger partial charge on any atom is 0.0107 e. The Bertz CT molecular complexity index is 241. The molecule has 2 heterocycles. The largest absolute Gasteiger partial charge is 0.313 e. The first kappa shape index (κ1) is 21.9. The van der Waals surface area contributed by atoms with E-state index in [0.717, 1.165) is 13.1 Å². The molecule has 2 fully saturated rings. The van der Waals surface area contributed by atoms with Crippen molar-refractivity contribution in [1.82, 2.24) is 20.4 Å². The van der Waals surface area contributed by atoms with Crippen LogP contribution in [0.1, 0.15) is 66.2 Å². The summed E-state index contributed by atoms with van der Waals surface area (Å²) in [6, 6.07) is 1.27. The Morgan fingerprint density at radius 3 is 1.21 bits per heavy atom. The van der Waals surface area contributed by atoms with Gasteiger partial charge in [-0.15, -0.1) is 0 Å². The quantitative estimate of drug-likeness (QED) is 0.711. The zero-order valence-corrected chi connectivity index (χ0v) is 16.9. The van der Waals surface area contributed by atoms with E-state index in [4.69, 9.17) is 0 Å². The normalized spacial score (nSPS) is 20.2. The zero-order chi connectivity index (χ0) is 17.6. The molecule has 4 heteroatoms. The topological polar surface area (TPSA) is 30.5 Å². The minimum absolute atomic E-state index is 0.634. The van der Waals surface area contributed by atoms with Crippen LogP contribution in [0.2, 0.25) is 0 Å². The van der Waals surface area contributed by atoms with Crippen LogP contribution in [0.3, 0.4) is 0 Å². The van der Waals surface area contributed by atoms with Gasteiger partial charge in [-0.3, -0.25) is 0 Å². The molecule has 144 valence electrons. The lowest BCUT2D eigenvalue weighted by Crippen LogP contribution is -2.37. The number of rotatable bonds is 8. The maximum atomic E-state index is 3.45. The fourth-order valence-electron chi connectivity index (χ4n) is 3.39. The van der Waals surface area contributed by atoms with Gasteiger partial charge in [-0.25, -0.2) is 0 Å². The SMILES string of the molecule is CC(C)NCCN1CCCCC1.CC(C)NCCN1CCCCC1. The molecular formula is C20H44N4. The Morgan fingerprint density at radius 2 is 0.917 bits per heavy atom. The molecular weight excluding hydrogens is 296 g/mol. The molecule has 0 amide bonds. The van der Waals surface area contributed by atoms with Gasteiger partial charge in [0.05, 0.1) is 0 Å². The first-order valence-electron chi connectivity index (χ1n) is 10.5. The average molecular weight is 341 g/mol. The summed E-state index contributed by atoms with van der Waals surface area (Å²) in [5.41, 5.74) is 0. The van der Waals surface area contributed by atoms with Crippen LogP contribution in [0, 0.1) is 0 Å². The van der Waals surface area contributed by atoms with Crippen molar-refractivity contribution in [2.75, 3.05) is 52.4 Å². The fourth-order valence-corrected chi connectivity index (χ4v) is 3.39. The molecule has 24 heavy (non-hydrogen) atoms. The van der Waals surface area contributed by atoms with Crippen LogP contribution in [-0.2, 0) is 0 Å². The summed E-state index contributed by atoms with van der Waals surface area (Å²) in [6.07, 6.45) is 8.49. The van der Waals surface area contributed by atoms with Crippen LogP contribution in [0.25, 0.3) is 0 Å². The summed E-state index contributed by atoms with van der Waals surface area (Å²) in [4.78, 5) is 5.14. The van der Waals surface area contributed by atoms with Gasteiger partial charge in [0, 0.05) is 38.3 Å². The molecule has 2 saturated heterocycles. The molecule has 4 nitrogen and oxygen atoms in total. The van der Waals surface area contributed by atoms with Crippen molar-refractivity contribution in [3.8, 4) is 0 Å². The third-order valence-electron chi connectivity index (χ3n) is 4.86. The Hall–Kier alpha value is -0.160. The first-order chi connectivity index (χ1) is 11.6. The molecule has 0 unspecified atom stereocenters. The molecule has 2 N–H and O–H groups in total. The predicted molar refractivity (Wildman–Crippen MR) is 107 cm³/mol. The molecule has 0 saturated carbocycles. The second kappa shape index (κ2) is 14.1. The van der Waals surface area contributed by atoms with Gasteiger partial charge in [0.15, 0.2) is 0 Å². The van der Waals surface area contributed by atoms with Crippen LogP contribution >= 0.6 is 0 Å². The van der Waals surface area contributed by atoms with Gasteiger partial charge >= 0.3 is 0 Å².